The van der Waals surface area contributed by atoms with Gasteiger partial charge in [0.25, 0.3) is 5.91 Å². The zero-order chi connectivity index (χ0) is 25.9. The van der Waals surface area contributed by atoms with Gasteiger partial charge in [0.1, 0.15) is 18.7 Å². The number of carbonyl (C=O) groups excluding carboxylic acids is 3. The number of thioether (sulfide) groups is 1. The number of nitrogens with zero attached hydrogens (tertiary/aromatic N) is 3. The van der Waals surface area contributed by atoms with E-state index in [1.54, 1.807) is 16.7 Å². The number of carbonyl (C=O) groups is 3. The fourth-order valence-corrected chi connectivity index (χ4v) is 7.25. The third kappa shape index (κ3) is 5.54. The first-order valence-corrected chi connectivity index (χ1v) is 15.1. The molecule has 1 aromatic rings. The smallest absolute Gasteiger partial charge is 0.251 e. The molecule has 9 heteroatoms. The Balaban J connectivity index is 1.30. The van der Waals surface area contributed by atoms with Crippen molar-refractivity contribution in [3.8, 4) is 0 Å². The zero-order valence-electron chi connectivity index (χ0n) is 22.1. The van der Waals surface area contributed by atoms with Crippen molar-refractivity contribution in [2.75, 3.05) is 57.0 Å². The first-order valence-electron chi connectivity index (χ1n) is 13.9. The van der Waals surface area contributed by atoms with Gasteiger partial charge in [0.05, 0.1) is 11.4 Å². The van der Waals surface area contributed by atoms with Crippen LogP contribution in [-0.4, -0.2) is 103 Å². The van der Waals surface area contributed by atoms with E-state index in [0.717, 1.165) is 70.5 Å². The topological polar surface area (TPSA) is 82.2 Å². The minimum Gasteiger partial charge on any atom is -0.369 e. The Morgan fingerprint density at radius 2 is 1.78 bits per heavy atom. The number of hydrogen-bond donors (Lipinski definition) is 1. The molecule has 0 bridgehead atoms. The molecule has 0 radical (unpaired) electrons. The van der Waals surface area contributed by atoms with E-state index in [0.29, 0.717) is 12.1 Å². The van der Waals surface area contributed by atoms with Crippen LogP contribution in [0.3, 0.4) is 0 Å². The Morgan fingerprint density at radius 1 is 1.08 bits per heavy atom. The van der Waals surface area contributed by atoms with Crippen LogP contribution in [0.5, 0.6) is 0 Å². The largest absolute Gasteiger partial charge is 0.369 e. The lowest BCUT2D eigenvalue weighted by molar-refractivity contribution is -0.139. The first-order chi connectivity index (χ1) is 18.0. The lowest BCUT2D eigenvalue weighted by atomic mass is 9.83. The summed E-state index contributed by atoms with van der Waals surface area (Å²) in [5.41, 5.74) is 1.68. The first kappa shape index (κ1) is 26.5. The molecule has 4 fully saturated rings. The number of anilines is 1. The molecule has 3 heterocycles. The van der Waals surface area contributed by atoms with E-state index >= 15 is 0 Å². The van der Waals surface area contributed by atoms with Gasteiger partial charge in [0.15, 0.2) is 5.78 Å². The second-order valence-corrected chi connectivity index (χ2v) is 11.8. The average molecular weight is 529 g/mol. The van der Waals surface area contributed by atoms with Crippen LogP contribution in [0.15, 0.2) is 24.3 Å². The average Bonchev–Trinajstić information content (AvgIpc) is 3.52. The lowest BCUT2D eigenvalue weighted by Gasteiger charge is -2.35. The number of amides is 2. The van der Waals surface area contributed by atoms with Gasteiger partial charge in [0, 0.05) is 44.0 Å². The number of nitrogens with one attached hydrogen (secondary N) is 1. The van der Waals surface area contributed by atoms with Gasteiger partial charge in [-0.1, -0.05) is 26.2 Å². The van der Waals surface area contributed by atoms with Gasteiger partial charge in [-0.05, 0) is 55.8 Å². The molecule has 0 unspecified atom stereocenters. The summed E-state index contributed by atoms with van der Waals surface area (Å²) in [5, 5.41) is 3.19. The number of hydrogen-bond acceptors (Lipinski definition) is 7. The van der Waals surface area contributed by atoms with Crippen molar-refractivity contribution in [2.45, 2.75) is 62.5 Å². The number of benzene rings is 1. The van der Waals surface area contributed by atoms with Crippen molar-refractivity contribution in [1.82, 2.24) is 15.1 Å². The van der Waals surface area contributed by atoms with Crippen LogP contribution in [0.1, 0.15) is 49.4 Å². The van der Waals surface area contributed by atoms with Crippen LogP contribution >= 0.6 is 11.8 Å². The van der Waals surface area contributed by atoms with Gasteiger partial charge in [-0.3, -0.25) is 14.4 Å². The zero-order valence-corrected chi connectivity index (χ0v) is 22.9. The number of likely N-dealkylation sites (N-methyl/N-ethyl adjacent to an activating group) is 1. The van der Waals surface area contributed by atoms with E-state index < -0.39 is 12.1 Å². The number of Topliss-reactive ketones (excluding diaryl/α,β-unsaturated/α-hetero) is 1. The second-order valence-electron chi connectivity index (χ2n) is 10.8. The molecule has 0 aromatic heterocycles. The number of fused-ring (bicyclic) bond motifs is 1. The molecule has 3 saturated heterocycles. The summed E-state index contributed by atoms with van der Waals surface area (Å²) < 4.78 is 5.76. The normalized spacial score (nSPS) is 27.8. The maximum Gasteiger partial charge on any atom is 0.251 e. The third-order valence-electron chi connectivity index (χ3n) is 8.71. The van der Waals surface area contributed by atoms with Crippen LogP contribution < -0.4 is 10.2 Å². The van der Waals surface area contributed by atoms with Crippen LogP contribution in [0.2, 0.25) is 0 Å². The van der Waals surface area contributed by atoms with E-state index in [2.05, 4.69) is 22.0 Å². The fraction of sp³-hybridized carbons (Fsp3) is 0.679. The maximum absolute atomic E-state index is 14.0. The summed E-state index contributed by atoms with van der Waals surface area (Å²) in [6.07, 6.45) is 6.86. The molecule has 5 rings (SSSR count). The maximum atomic E-state index is 14.0. The molecule has 8 nitrogen and oxygen atoms in total. The molecular weight excluding hydrogens is 488 g/mol. The summed E-state index contributed by atoms with van der Waals surface area (Å²) in [6.45, 7) is 7.88. The van der Waals surface area contributed by atoms with Gasteiger partial charge < -0.3 is 24.8 Å². The summed E-state index contributed by atoms with van der Waals surface area (Å²) in [5.74, 6) is -0.295. The molecule has 1 aromatic carbocycles. The predicted molar refractivity (Wildman–Crippen MR) is 146 cm³/mol. The highest BCUT2D eigenvalue weighted by atomic mass is 32.2. The molecule has 4 aliphatic rings. The van der Waals surface area contributed by atoms with Crippen LogP contribution in [-0.2, 0) is 14.3 Å². The van der Waals surface area contributed by atoms with Gasteiger partial charge in [-0.2, -0.15) is 11.8 Å². The predicted octanol–water partition coefficient (Wildman–Crippen LogP) is 2.42. The number of likely N-dealkylation sites (tertiary alicyclic amines) is 1. The Hall–Kier alpha value is -2.10. The monoisotopic (exact) mass is 528 g/mol. The molecule has 4 atom stereocenters. The van der Waals surface area contributed by atoms with Crippen molar-refractivity contribution in [3.63, 3.8) is 0 Å². The highest BCUT2D eigenvalue weighted by molar-refractivity contribution is 7.99. The Bertz CT molecular complexity index is 975. The fourth-order valence-electron chi connectivity index (χ4n) is 6.44. The Morgan fingerprint density at radius 3 is 2.43 bits per heavy atom. The Kier molecular flexibility index (Phi) is 8.41. The molecule has 37 heavy (non-hydrogen) atoms. The summed E-state index contributed by atoms with van der Waals surface area (Å²) in [6, 6.07) is 6.60. The Labute approximate surface area is 224 Å². The second kappa shape index (κ2) is 11.7. The van der Waals surface area contributed by atoms with E-state index in [1.165, 1.54) is 0 Å². The molecule has 1 saturated carbocycles. The van der Waals surface area contributed by atoms with Gasteiger partial charge in [-0.15, -0.1) is 0 Å². The molecule has 1 aliphatic carbocycles. The molecule has 202 valence electrons. The third-order valence-corrected chi connectivity index (χ3v) is 9.73. The van der Waals surface area contributed by atoms with Gasteiger partial charge >= 0.3 is 0 Å². The molecule has 0 spiro atoms. The van der Waals surface area contributed by atoms with Gasteiger partial charge in [-0.25, -0.2) is 0 Å². The SMILES string of the molecule is CCN1CCN(c2ccc(C(=O)N[C@H](C(=O)N3C[C@H](SC)[C@H]4OCC(=O)[C@H]43)C3CCCCC3)cc2)CC1. The van der Waals surface area contributed by atoms with Crippen molar-refractivity contribution >= 4 is 35.0 Å². The summed E-state index contributed by atoms with van der Waals surface area (Å²) >= 11 is 1.64. The van der Waals surface area contributed by atoms with Crippen molar-refractivity contribution in [3.05, 3.63) is 29.8 Å². The number of ether oxygens (including phenoxy) is 1. The van der Waals surface area contributed by atoms with Crippen molar-refractivity contribution in [1.29, 1.82) is 0 Å². The lowest BCUT2D eigenvalue weighted by Crippen LogP contribution is -2.55. The van der Waals surface area contributed by atoms with Crippen LogP contribution in [0.25, 0.3) is 0 Å². The van der Waals surface area contributed by atoms with E-state index in [1.807, 2.05) is 30.5 Å². The summed E-state index contributed by atoms with van der Waals surface area (Å²) in [7, 11) is 0. The van der Waals surface area contributed by atoms with Crippen LogP contribution in [0, 0.1) is 5.92 Å². The minimum atomic E-state index is -0.621. The van der Waals surface area contributed by atoms with Crippen molar-refractivity contribution in [2.24, 2.45) is 5.92 Å². The highest BCUT2D eigenvalue weighted by Gasteiger charge is 2.53. The van der Waals surface area contributed by atoms with Gasteiger partial charge in [0.2, 0.25) is 5.91 Å². The minimum absolute atomic E-state index is 0.0287. The molecular formula is C28H40N4O4S. The quantitative estimate of drug-likeness (QED) is 0.582. The molecule has 1 N–H and O–H groups in total. The highest BCUT2D eigenvalue weighted by Crippen LogP contribution is 2.35. The van der Waals surface area contributed by atoms with E-state index in [4.69, 9.17) is 4.74 Å². The standard InChI is InChI=1S/C28H40N4O4S/c1-3-30-13-15-31(16-14-30)21-11-9-20(10-12-21)27(34)29-24(19-7-5-4-6-8-19)28(35)32-17-23(37-2)26-25(32)22(33)18-36-26/h9-12,19,23-26H,3-8,13-18H2,1-2H3,(H,29,34)/t23-,24-,25+,26+/m0/s1. The van der Waals surface area contributed by atoms with E-state index in [-0.39, 0.29) is 41.5 Å². The van der Waals surface area contributed by atoms with Crippen molar-refractivity contribution < 1.29 is 19.1 Å². The number of rotatable bonds is 7. The van der Waals surface area contributed by atoms with Crippen LogP contribution in [0.4, 0.5) is 5.69 Å². The number of ketones is 1. The molecule has 3 aliphatic heterocycles. The number of piperazine rings is 1. The van der Waals surface area contributed by atoms with E-state index in [9.17, 15) is 14.4 Å². The summed E-state index contributed by atoms with van der Waals surface area (Å²) in [4.78, 5) is 46.5. The molecule has 2 amide bonds.